The average molecular weight is 233 g/mol. The van der Waals surface area contributed by atoms with Crippen LogP contribution in [0.15, 0.2) is 23.6 Å². The molecule has 0 aliphatic heterocycles. The Bertz CT molecular complexity index is 557. The number of benzene rings is 1. The summed E-state index contributed by atoms with van der Waals surface area (Å²) < 4.78 is 13.1. The zero-order valence-electron chi connectivity index (χ0n) is 8.49. The van der Waals surface area contributed by atoms with Crippen molar-refractivity contribution in [2.45, 2.75) is 6.92 Å². The summed E-state index contributed by atoms with van der Waals surface area (Å²) in [6.45, 7) is 1.88. The molecule has 1 heterocycles. The molecule has 0 aliphatic rings. The lowest BCUT2D eigenvalue weighted by Gasteiger charge is -2.02. The van der Waals surface area contributed by atoms with E-state index >= 15 is 0 Å². The molecular formula is C11H8FN3S. The summed E-state index contributed by atoms with van der Waals surface area (Å²) in [5, 5.41) is 14.2. The van der Waals surface area contributed by atoms with Crippen molar-refractivity contribution in [3.05, 3.63) is 40.7 Å². The molecule has 1 aromatic carbocycles. The lowest BCUT2D eigenvalue weighted by molar-refractivity contribution is 0.628. The second-order valence-electron chi connectivity index (χ2n) is 3.26. The SMILES string of the molecule is Cc1csc(Nc2cc(F)cc(C#N)c2)n1. The highest BCUT2D eigenvalue weighted by atomic mass is 32.1. The van der Waals surface area contributed by atoms with Crippen molar-refractivity contribution in [3.8, 4) is 6.07 Å². The molecule has 1 aromatic heterocycles. The standard InChI is InChI=1S/C11H8FN3S/c1-7-6-16-11(14-7)15-10-3-8(5-13)2-9(12)4-10/h2-4,6H,1H3,(H,14,15). The quantitative estimate of drug-likeness (QED) is 0.866. The molecule has 3 nitrogen and oxygen atoms in total. The molecule has 1 N–H and O–H groups in total. The lowest BCUT2D eigenvalue weighted by Crippen LogP contribution is -1.91. The van der Waals surface area contributed by atoms with Crippen LogP contribution in [0.2, 0.25) is 0 Å². The number of thiazole rings is 1. The number of hydrogen-bond acceptors (Lipinski definition) is 4. The predicted molar refractivity (Wildman–Crippen MR) is 61.2 cm³/mol. The van der Waals surface area contributed by atoms with Crippen LogP contribution in [0.4, 0.5) is 15.2 Å². The summed E-state index contributed by atoms with van der Waals surface area (Å²) in [6, 6.07) is 6.01. The maximum absolute atomic E-state index is 13.1. The van der Waals surface area contributed by atoms with E-state index in [1.165, 1.54) is 23.5 Å². The maximum atomic E-state index is 13.1. The zero-order valence-corrected chi connectivity index (χ0v) is 9.31. The minimum absolute atomic E-state index is 0.288. The van der Waals surface area contributed by atoms with E-state index < -0.39 is 5.82 Å². The molecule has 16 heavy (non-hydrogen) atoms. The summed E-state index contributed by atoms with van der Waals surface area (Å²) >= 11 is 1.44. The third kappa shape index (κ3) is 2.35. The summed E-state index contributed by atoms with van der Waals surface area (Å²) in [6.07, 6.45) is 0. The lowest BCUT2D eigenvalue weighted by atomic mass is 10.2. The molecule has 0 bridgehead atoms. The third-order valence-corrected chi connectivity index (χ3v) is 2.77. The van der Waals surface area contributed by atoms with Gasteiger partial charge < -0.3 is 5.32 Å². The van der Waals surface area contributed by atoms with Gasteiger partial charge >= 0.3 is 0 Å². The third-order valence-electron chi connectivity index (χ3n) is 1.90. The van der Waals surface area contributed by atoms with Crippen molar-refractivity contribution in [1.82, 2.24) is 4.98 Å². The number of aromatic nitrogens is 1. The second kappa shape index (κ2) is 4.29. The van der Waals surface area contributed by atoms with Gasteiger partial charge in [0.25, 0.3) is 0 Å². The van der Waals surface area contributed by atoms with E-state index in [4.69, 9.17) is 5.26 Å². The van der Waals surface area contributed by atoms with Gasteiger partial charge in [-0.15, -0.1) is 11.3 Å². The van der Waals surface area contributed by atoms with Gasteiger partial charge in [0.2, 0.25) is 0 Å². The molecule has 0 fully saturated rings. The number of anilines is 2. The molecule has 0 atom stereocenters. The molecular weight excluding hydrogens is 225 g/mol. The van der Waals surface area contributed by atoms with E-state index in [0.29, 0.717) is 10.8 Å². The van der Waals surface area contributed by atoms with E-state index in [1.807, 2.05) is 18.4 Å². The molecule has 0 unspecified atom stereocenters. The number of nitrogens with zero attached hydrogens (tertiary/aromatic N) is 2. The van der Waals surface area contributed by atoms with E-state index in [0.717, 1.165) is 5.69 Å². The van der Waals surface area contributed by atoms with E-state index in [9.17, 15) is 4.39 Å². The Morgan fingerprint density at radius 1 is 1.44 bits per heavy atom. The monoisotopic (exact) mass is 233 g/mol. The molecule has 0 saturated heterocycles. The molecule has 80 valence electrons. The molecule has 2 rings (SSSR count). The molecule has 0 amide bonds. The summed E-state index contributed by atoms with van der Waals surface area (Å²) in [5.74, 6) is -0.435. The number of aryl methyl sites for hydroxylation is 1. The minimum atomic E-state index is -0.435. The van der Waals surface area contributed by atoms with Crippen molar-refractivity contribution in [1.29, 1.82) is 5.26 Å². The Kier molecular flexibility index (Phi) is 2.84. The Morgan fingerprint density at radius 2 is 2.25 bits per heavy atom. The minimum Gasteiger partial charge on any atom is -0.331 e. The van der Waals surface area contributed by atoms with Crippen molar-refractivity contribution >= 4 is 22.2 Å². The Balaban J connectivity index is 2.28. The number of nitriles is 1. The molecule has 2 aromatic rings. The van der Waals surface area contributed by atoms with Crippen molar-refractivity contribution in [2.75, 3.05) is 5.32 Å². The highest BCUT2D eigenvalue weighted by molar-refractivity contribution is 7.13. The number of hydrogen-bond donors (Lipinski definition) is 1. The molecule has 0 aliphatic carbocycles. The van der Waals surface area contributed by atoms with E-state index in [2.05, 4.69) is 10.3 Å². The van der Waals surface area contributed by atoms with Gasteiger partial charge in [-0.2, -0.15) is 5.26 Å². The largest absolute Gasteiger partial charge is 0.331 e. The normalized spacial score (nSPS) is 9.81. The predicted octanol–water partition coefficient (Wildman–Crippen LogP) is 3.21. The van der Waals surface area contributed by atoms with Crippen molar-refractivity contribution < 1.29 is 4.39 Å². The van der Waals surface area contributed by atoms with Crippen LogP contribution in [0.25, 0.3) is 0 Å². The zero-order chi connectivity index (χ0) is 11.5. The number of rotatable bonds is 2. The first-order chi connectivity index (χ1) is 7.67. The Labute approximate surface area is 96.2 Å². The van der Waals surface area contributed by atoms with Crippen LogP contribution in [0.3, 0.4) is 0 Å². The van der Waals surface area contributed by atoms with Gasteiger partial charge in [-0.05, 0) is 25.1 Å². The summed E-state index contributed by atoms with van der Waals surface area (Å²) in [5.41, 5.74) is 1.73. The summed E-state index contributed by atoms with van der Waals surface area (Å²) in [4.78, 5) is 4.19. The average Bonchev–Trinajstić information content (AvgIpc) is 2.63. The van der Waals surface area contributed by atoms with Gasteiger partial charge in [0.05, 0.1) is 17.3 Å². The summed E-state index contributed by atoms with van der Waals surface area (Å²) in [7, 11) is 0. The highest BCUT2D eigenvalue weighted by Crippen LogP contribution is 2.22. The topological polar surface area (TPSA) is 48.7 Å². The Morgan fingerprint density at radius 3 is 2.88 bits per heavy atom. The fraction of sp³-hybridized carbons (Fsp3) is 0.0909. The van der Waals surface area contributed by atoms with Crippen LogP contribution in [-0.2, 0) is 0 Å². The maximum Gasteiger partial charge on any atom is 0.187 e. The van der Waals surface area contributed by atoms with Crippen LogP contribution >= 0.6 is 11.3 Å². The molecule has 0 saturated carbocycles. The van der Waals surface area contributed by atoms with Crippen LogP contribution < -0.4 is 5.32 Å². The molecule has 0 radical (unpaired) electrons. The first kappa shape index (κ1) is 10.6. The molecule has 5 heteroatoms. The van der Waals surface area contributed by atoms with E-state index in [-0.39, 0.29) is 5.56 Å². The van der Waals surface area contributed by atoms with Gasteiger partial charge in [0.15, 0.2) is 5.13 Å². The first-order valence-corrected chi connectivity index (χ1v) is 5.45. The number of nitrogens with one attached hydrogen (secondary N) is 1. The van der Waals surface area contributed by atoms with E-state index in [1.54, 1.807) is 6.07 Å². The van der Waals surface area contributed by atoms with Crippen LogP contribution in [0, 0.1) is 24.1 Å². The van der Waals surface area contributed by atoms with Crippen molar-refractivity contribution in [2.24, 2.45) is 0 Å². The van der Waals surface area contributed by atoms with Crippen LogP contribution in [0.5, 0.6) is 0 Å². The fourth-order valence-electron chi connectivity index (χ4n) is 1.26. The van der Waals surface area contributed by atoms with Gasteiger partial charge in [-0.1, -0.05) is 0 Å². The van der Waals surface area contributed by atoms with Gasteiger partial charge in [-0.25, -0.2) is 9.37 Å². The van der Waals surface area contributed by atoms with Crippen LogP contribution in [-0.4, -0.2) is 4.98 Å². The first-order valence-electron chi connectivity index (χ1n) is 4.57. The smallest absolute Gasteiger partial charge is 0.187 e. The molecule has 0 spiro atoms. The van der Waals surface area contributed by atoms with Gasteiger partial charge in [0, 0.05) is 11.1 Å². The van der Waals surface area contributed by atoms with Gasteiger partial charge in [-0.3, -0.25) is 0 Å². The van der Waals surface area contributed by atoms with Gasteiger partial charge in [0.1, 0.15) is 5.82 Å². The second-order valence-corrected chi connectivity index (χ2v) is 4.12. The van der Waals surface area contributed by atoms with Crippen LogP contribution in [0.1, 0.15) is 11.3 Å². The fourth-order valence-corrected chi connectivity index (χ4v) is 1.97. The highest BCUT2D eigenvalue weighted by Gasteiger charge is 2.03. The Hall–Kier alpha value is -1.93. The van der Waals surface area contributed by atoms with Crippen molar-refractivity contribution in [3.63, 3.8) is 0 Å². The number of halogens is 1.